The summed E-state index contributed by atoms with van der Waals surface area (Å²) in [4.78, 5) is 21.7. The molecule has 0 heterocycles. The molecule has 1 fully saturated rings. The number of carboxylic acids is 1. The van der Waals surface area contributed by atoms with E-state index in [0.717, 1.165) is 6.42 Å². The topological polar surface area (TPSA) is 80.4 Å². The number of carbonyl (C=O) groups is 2. The molecule has 4 heteroatoms. The average Bonchev–Trinajstić information content (AvgIpc) is 2.61. The SMILES string of the molecule is NC(=O)/C=C1\C2C=CC(C2)C1C(=O)O. The van der Waals surface area contributed by atoms with Crippen molar-refractivity contribution < 1.29 is 14.7 Å². The molecule has 2 aliphatic carbocycles. The average molecular weight is 193 g/mol. The molecule has 74 valence electrons. The summed E-state index contributed by atoms with van der Waals surface area (Å²) < 4.78 is 0. The highest BCUT2D eigenvalue weighted by Gasteiger charge is 2.44. The second kappa shape index (κ2) is 2.97. The molecule has 3 N–H and O–H groups in total. The van der Waals surface area contributed by atoms with Gasteiger partial charge in [0.2, 0.25) is 5.91 Å². The van der Waals surface area contributed by atoms with Crippen LogP contribution in [0.3, 0.4) is 0 Å². The molecule has 14 heavy (non-hydrogen) atoms. The third-order valence-electron chi connectivity index (χ3n) is 2.91. The van der Waals surface area contributed by atoms with E-state index in [1.54, 1.807) is 0 Å². The molecule has 0 aromatic carbocycles. The van der Waals surface area contributed by atoms with Crippen LogP contribution in [-0.2, 0) is 9.59 Å². The molecule has 0 aromatic rings. The van der Waals surface area contributed by atoms with E-state index < -0.39 is 17.8 Å². The maximum Gasteiger partial charge on any atom is 0.311 e. The molecule has 1 amide bonds. The number of allylic oxidation sites excluding steroid dienone is 2. The molecule has 2 rings (SSSR count). The van der Waals surface area contributed by atoms with Gasteiger partial charge in [0.25, 0.3) is 0 Å². The van der Waals surface area contributed by atoms with Gasteiger partial charge < -0.3 is 10.8 Å². The lowest BCUT2D eigenvalue weighted by Gasteiger charge is -2.16. The van der Waals surface area contributed by atoms with Crippen LogP contribution < -0.4 is 5.73 Å². The Kier molecular flexibility index (Phi) is 1.91. The predicted molar refractivity (Wildman–Crippen MR) is 49.1 cm³/mol. The molecular weight excluding hydrogens is 182 g/mol. The summed E-state index contributed by atoms with van der Waals surface area (Å²) in [6.07, 6.45) is 5.95. The van der Waals surface area contributed by atoms with Crippen molar-refractivity contribution >= 4 is 11.9 Å². The summed E-state index contributed by atoms with van der Waals surface area (Å²) in [6.45, 7) is 0. The Morgan fingerprint density at radius 2 is 2.21 bits per heavy atom. The summed E-state index contributed by atoms with van der Waals surface area (Å²) in [5.74, 6) is -1.82. The van der Waals surface area contributed by atoms with Gasteiger partial charge in [0.1, 0.15) is 0 Å². The minimum Gasteiger partial charge on any atom is -0.481 e. The van der Waals surface area contributed by atoms with Crippen LogP contribution >= 0.6 is 0 Å². The lowest BCUT2D eigenvalue weighted by molar-refractivity contribution is -0.141. The Morgan fingerprint density at radius 1 is 1.50 bits per heavy atom. The summed E-state index contributed by atoms with van der Waals surface area (Å²) in [7, 11) is 0. The quantitative estimate of drug-likeness (QED) is 0.489. The minimum absolute atomic E-state index is 0.0445. The lowest BCUT2D eigenvalue weighted by atomic mass is 9.88. The molecule has 2 aliphatic rings. The van der Waals surface area contributed by atoms with Crippen LogP contribution in [0.15, 0.2) is 23.8 Å². The maximum absolute atomic E-state index is 11.0. The molecule has 3 atom stereocenters. The molecule has 0 aromatic heterocycles. The maximum atomic E-state index is 11.0. The Bertz CT molecular complexity index is 356. The van der Waals surface area contributed by atoms with Gasteiger partial charge in [0.05, 0.1) is 5.92 Å². The first kappa shape index (κ1) is 8.99. The molecule has 0 radical (unpaired) electrons. The zero-order valence-corrected chi connectivity index (χ0v) is 7.51. The van der Waals surface area contributed by atoms with Crippen molar-refractivity contribution in [2.75, 3.05) is 0 Å². The van der Waals surface area contributed by atoms with Gasteiger partial charge in [0, 0.05) is 6.08 Å². The smallest absolute Gasteiger partial charge is 0.311 e. The van der Waals surface area contributed by atoms with Crippen LogP contribution in [0.25, 0.3) is 0 Å². The Morgan fingerprint density at radius 3 is 2.79 bits per heavy atom. The van der Waals surface area contributed by atoms with Crippen molar-refractivity contribution in [3.8, 4) is 0 Å². The van der Waals surface area contributed by atoms with Gasteiger partial charge in [-0.2, -0.15) is 0 Å². The highest BCUT2D eigenvalue weighted by Crippen LogP contribution is 2.47. The van der Waals surface area contributed by atoms with Crippen molar-refractivity contribution in [2.45, 2.75) is 6.42 Å². The number of carbonyl (C=O) groups excluding carboxylic acids is 1. The van der Waals surface area contributed by atoms with E-state index in [9.17, 15) is 9.59 Å². The van der Waals surface area contributed by atoms with Crippen molar-refractivity contribution in [3.05, 3.63) is 23.8 Å². The number of nitrogens with two attached hydrogens (primary N) is 1. The van der Waals surface area contributed by atoms with Crippen LogP contribution in [0.1, 0.15) is 6.42 Å². The highest BCUT2D eigenvalue weighted by molar-refractivity contribution is 5.89. The number of hydrogen-bond donors (Lipinski definition) is 2. The normalized spacial score (nSPS) is 36.6. The minimum atomic E-state index is -0.866. The molecule has 0 saturated heterocycles. The van der Waals surface area contributed by atoms with Crippen molar-refractivity contribution in [2.24, 2.45) is 23.5 Å². The van der Waals surface area contributed by atoms with E-state index >= 15 is 0 Å². The number of rotatable bonds is 2. The number of aliphatic carboxylic acids is 1. The third-order valence-corrected chi connectivity index (χ3v) is 2.91. The van der Waals surface area contributed by atoms with Gasteiger partial charge in [-0.15, -0.1) is 0 Å². The van der Waals surface area contributed by atoms with Crippen LogP contribution in [0.4, 0.5) is 0 Å². The first-order chi connectivity index (χ1) is 6.59. The van der Waals surface area contributed by atoms with Gasteiger partial charge >= 0.3 is 5.97 Å². The fourth-order valence-electron chi connectivity index (χ4n) is 2.39. The summed E-state index contributed by atoms with van der Waals surface area (Å²) in [5, 5.41) is 8.99. The van der Waals surface area contributed by atoms with Gasteiger partial charge in [-0.1, -0.05) is 12.2 Å². The Labute approximate surface area is 81.1 Å². The van der Waals surface area contributed by atoms with E-state index in [0.29, 0.717) is 5.57 Å². The first-order valence-electron chi connectivity index (χ1n) is 4.51. The van der Waals surface area contributed by atoms with Crippen molar-refractivity contribution in [3.63, 3.8) is 0 Å². The van der Waals surface area contributed by atoms with Crippen molar-refractivity contribution in [1.82, 2.24) is 0 Å². The fraction of sp³-hybridized carbons (Fsp3) is 0.400. The molecule has 0 aliphatic heterocycles. The van der Waals surface area contributed by atoms with Gasteiger partial charge in [-0.05, 0) is 23.8 Å². The Hall–Kier alpha value is -1.58. The zero-order chi connectivity index (χ0) is 10.3. The molecule has 4 nitrogen and oxygen atoms in total. The number of fused-ring (bicyclic) bond motifs is 2. The van der Waals surface area contributed by atoms with Gasteiger partial charge in [0.15, 0.2) is 0 Å². The van der Waals surface area contributed by atoms with E-state index in [4.69, 9.17) is 10.8 Å². The monoisotopic (exact) mass is 193 g/mol. The molecule has 3 unspecified atom stereocenters. The van der Waals surface area contributed by atoms with E-state index in [1.807, 2.05) is 12.2 Å². The molecular formula is C10H11NO3. The van der Waals surface area contributed by atoms with Gasteiger partial charge in [-0.25, -0.2) is 0 Å². The number of amides is 1. The first-order valence-corrected chi connectivity index (χ1v) is 4.51. The highest BCUT2D eigenvalue weighted by atomic mass is 16.4. The molecule has 2 bridgehead atoms. The van der Waals surface area contributed by atoms with Crippen LogP contribution in [0.2, 0.25) is 0 Å². The number of primary amides is 1. The van der Waals surface area contributed by atoms with Crippen molar-refractivity contribution in [1.29, 1.82) is 0 Å². The van der Waals surface area contributed by atoms with Crippen LogP contribution in [0.5, 0.6) is 0 Å². The second-order valence-electron chi connectivity index (χ2n) is 3.75. The Balaban J connectivity index is 2.36. The fourth-order valence-corrected chi connectivity index (χ4v) is 2.39. The lowest BCUT2D eigenvalue weighted by Crippen LogP contribution is -2.22. The van der Waals surface area contributed by atoms with Crippen LogP contribution in [-0.4, -0.2) is 17.0 Å². The van der Waals surface area contributed by atoms with Crippen LogP contribution in [0, 0.1) is 17.8 Å². The predicted octanol–water partition coefficient (Wildman–Crippen LogP) is 0.305. The van der Waals surface area contributed by atoms with E-state index in [2.05, 4.69) is 0 Å². The van der Waals surface area contributed by atoms with E-state index in [1.165, 1.54) is 6.08 Å². The standard InChI is InChI=1S/C10H11NO3/c11-8(12)4-7-5-1-2-6(3-5)9(7)10(13)14/h1-2,4-6,9H,3H2,(H2,11,12)(H,13,14)/b7-4+. The van der Waals surface area contributed by atoms with E-state index in [-0.39, 0.29) is 11.8 Å². The summed E-state index contributed by atoms with van der Waals surface area (Å²) in [5.41, 5.74) is 5.70. The van der Waals surface area contributed by atoms with Gasteiger partial charge in [-0.3, -0.25) is 9.59 Å². The molecule has 1 saturated carbocycles. The molecule has 0 spiro atoms. The largest absolute Gasteiger partial charge is 0.481 e. The number of hydrogen-bond acceptors (Lipinski definition) is 2. The zero-order valence-electron chi connectivity index (χ0n) is 7.51. The summed E-state index contributed by atoms with van der Waals surface area (Å²) in [6, 6.07) is 0. The summed E-state index contributed by atoms with van der Waals surface area (Å²) >= 11 is 0. The second-order valence-corrected chi connectivity index (χ2v) is 3.75. The number of carboxylic acid groups (broad SMARTS) is 1. The third kappa shape index (κ3) is 1.23.